The second-order valence-corrected chi connectivity index (χ2v) is 5.73. The fraction of sp³-hybridized carbons (Fsp3) is 0.636. The van der Waals surface area contributed by atoms with Crippen molar-refractivity contribution in [3.63, 3.8) is 0 Å². The molecule has 0 amide bonds. The lowest BCUT2D eigenvalue weighted by Gasteiger charge is -1.98. The fourth-order valence-electron chi connectivity index (χ4n) is 1.42. The first kappa shape index (κ1) is 12.2. The average Bonchev–Trinajstić information content (AvgIpc) is 2.46. The maximum atomic E-state index is 3.55. The number of thiophene rings is 1. The van der Waals surface area contributed by atoms with Crippen LogP contribution < -0.4 is 5.32 Å². The molecular weight excluding hydrogens is 258 g/mol. The van der Waals surface area contributed by atoms with E-state index in [1.165, 1.54) is 39.9 Å². The molecule has 0 spiro atoms. The number of halogens is 1. The van der Waals surface area contributed by atoms with Crippen molar-refractivity contribution < 1.29 is 0 Å². The summed E-state index contributed by atoms with van der Waals surface area (Å²) in [7, 11) is 2.01. The highest BCUT2D eigenvalue weighted by molar-refractivity contribution is 9.10. The van der Waals surface area contributed by atoms with Gasteiger partial charge in [0, 0.05) is 14.2 Å². The maximum Gasteiger partial charge on any atom is 0.0314 e. The van der Waals surface area contributed by atoms with Crippen LogP contribution in [0, 0.1) is 6.92 Å². The lowest BCUT2D eigenvalue weighted by atomic mass is 10.2. The topological polar surface area (TPSA) is 12.0 Å². The van der Waals surface area contributed by atoms with Gasteiger partial charge in [0.1, 0.15) is 0 Å². The van der Waals surface area contributed by atoms with E-state index >= 15 is 0 Å². The zero-order chi connectivity index (χ0) is 10.4. The third-order valence-electron chi connectivity index (χ3n) is 2.26. The molecule has 1 rings (SSSR count). The minimum Gasteiger partial charge on any atom is -0.320 e. The van der Waals surface area contributed by atoms with Crippen LogP contribution in [0.3, 0.4) is 0 Å². The minimum atomic E-state index is 1.15. The van der Waals surface area contributed by atoms with Crippen molar-refractivity contribution in [1.82, 2.24) is 5.32 Å². The molecule has 14 heavy (non-hydrogen) atoms. The number of rotatable bonds is 6. The monoisotopic (exact) mass is 275 g/mol. The Kier molecular flexibility index (Phi) is 5.75. The Hall–Kier alpha value is 0.140. The maximum absolute atomic E-state index is 3.55. The second kappa shape index (κ2) is 6.59. The van der Waals surface area contributed by atoms with Crippen molar-refractivity contribution in [1.29, 1.82) is 0 Å². The lowest BCUT2D eigenvalue weighted by Crippen LogP contribution is -2.06. The smallest absolute Gasteiger partial charge is 0.0314 e. The van der Waals surface area contributed by atoms with Crippen molar-refractivity contribution in [3.05, 3.63) is 20.3 Å². The van der Waals surface area contributed by atoms with Crippen molar-refractivity contribution in [2.24, 2.45) is 0 Å². The largest absolute Gasteiger partial charge is 0.320 e. The van der Waals surface area contributed by atoms with Crippen LogP contribution in [0.1, 0.15) is 29.0 Å². The normalized spacial score (nSPS) is 10.8. The van der Waals surface area contributed by atoms with E-state index in [2.05, 4.69) is 34.2 Å². The van der Waals surface area contributed by atoms with Crippen LogP contribution in [-0.4, -0.2) is 13.6 Å². The summed E-state index contributed by atoms with van der Waals surface area (Å²) in [5.41, 5.74) is 0. The molecular formula is C11H18BrNS. The summed E-state index contributed by atoms with van der Waals surface area (Å²) in [5, 5.41) is 3.17. The first-order valence-corrected chi connectivity index (χ1v) is 6.74. The number of aryl methyl sites for hydroxylation is 2. The fourth-order valence-corrected chi connectivity index (χ4v) is 3.06. The van der Waals surface area contributed by atoms with Gasteiger partial charge in [-0.3, -0.25) is 0 Å². The molecule has 80 valence electrons. The lowest BCUT2D eigenvalue weighted by molar-refractivity contribution is 0.645. The Morgan fingerprint density at radius 3 is 2.71 bits per heavy atom. The van der Waals surface area contributed by atoms with Gasteiger partial charge in [-0.25, -0.2) is 0 Å². The molecule has 0 saturated carbocycles. The van der Waals surface area contributed by atoms with E-state index in [0.717, 1.165) is 6.54 Å². The van der Waals surface area contributed by atoms with Gasteiger partial charge in [-0.1, -0.05) is 6.42 Å². The standard InChI is InChI=1S/C11H18BrNS/c1-9-11(12)8-10(14-9)6-4-3-5-7-13-2/h8,13H,3-7H2,1-2H3. The summed E-state index contributed by atoms with van der Waals surface area (Å²) in [4.78, 5) is 2.91. The van der Waals surface area contributed by atoms with Gasteiger partial charge in [-0.15, -0.1) is 11.3 Å². The second-order valence-electron chi connectivity index (χ2n) is 3.53. The summed E-state index contributed by atoms with van der Waals surface area (Å²) in [5.74, 6) is 0. The van der Waals surface area contributed by atoms with Gasteiger partial charge in [-0.05, 0) is 61.8 Å². The molecule has 0 fully saturated rings. The van der Waals surface area contributed by atoms with Gasteiger partial charge >= 0.3 is 0 Å². The van der Waals surface area contributed by atoms with Gasteiger partial charge in [0.15, 0.2) is 0 Å². The van der Waals surface area contributed by atoms with Crippen molar-refractivity contribution >= 4 is 27.3 Å². The van der Waals surface area contributed by atoms with E-state index in [4.69, 9.17) is 0 Å². The zero-order valence-electron chi connectivity index (χ0n) is 8.90. The molecule has 1 N–H and O–H groups in total. The molecule has 1 nitrogen and oxygen atoms in total. The Morgan fingerprint density at radius 1 is 1.36 bits per heavy atom. The van der Waals surface area contributed by atoms with E-state index in [1.54, 1.807) is 0 Å². The summed E-state index contributed by atoms with van der Waals surface area (Å²) in [6.07, 6.45) is 5.17. The SMILES string of the molecule is CNCCCCCc1cc(Br)c(C)s1. The van der Waals surface area contributed by atoms with Crippen LogP contribution in [0.15, 0.2) is 10.5 Å². The molecule has 0 atom stereocenters. The Balaban J connectivity index is 2.18. The van der Waals surface area contributed by atoms with Gasteiger partial charge in [0.2, 0.25) is 0 Å². The highest BCUT2D eigenvalue weighted by Crippen LogP contribution is 2.27. The first-order valence-electron chi connectivity index (χ1n) is 5.13. The molecule has 0 aliphatic heterocycles. The third-order valence-corrected chi connectivity index (χ3v) is 4.45. The highest BCUT2D eigenvalue weighted by Gasteiger charge is 2.01. The van der Waals surface area contributed by atoms with Crippen LogP contribution in [0.4, 0.5) is 0 Å². The molecule has 1 aromatic heterocycles. The summed E-state index contributed by atoms with van der Waals surface area (Å²) >= 11 is 5.47. The quantitative estimate of drug-likeness (QED) is 0.780. The summed E-state index contributed by atoms with van der Waals surface area (Å²) in [6, 6.07) is 2.26. The summed E-state index contributed by atoms with van der Waals surface area (Å²) < 4.78 is 1.27. The highest BCUT2D eigenvalue weighted by atomic mass is 79.9. The van der Waals surface area contributed by atoms with Crippen molar-refractivity contribution in [3.8, 4) is 0 Å². The van der Waals surface area contributed by atoms with Crippen LogP contribution in [0.5, 0.6) is 0 Å². The number of hydrogen-bond acceptors (Lipinski definition) is 2. The first-order chi connectivity index (χ1) is 6.74. The predicted molar refractivity (Wildman–Crippen MR) is 68.2 cm³/mol. The third kappa shape index (κ3) is 4.11. The minimum absolute atomic E-state index is 1.15. The van der Waals surface area contributed by atoms with Crippen LogP contribution in [0.2, 0.25) is 0 Å². The molecule has 0 aliphatic rings. The molecule has 1 aromatic rings. The molecule has 0 aliphatic carbocycles. The number of nitrogens with one attached hydrogen (secondary N) is 1. The van der Waals surface area contributed by atoms with Gasteiger partial charge in [0.05, 0.1) is 0 Å². The van der Waals surface area contributed by atoms with Gasteiger partial charge in [-0.2, -0.15) is 0 Å². The molecule has 0 saturated heterocycles. The zero-order valence-corrected chi connectivity index (χ0v) is 11.3. The van der Waals surface area contributed by atoms with Crippen molar-refractivity contribution in [2.45, 2.75) is 32.6 Å². The van der Waals surface area contributed by atoms with E-state index in [9.17, 15) is 0 Å². The molecule has 0 bridgehead atoms. The number of hydrogen-bond donors (Lipinski definition) is 1. The van der Waals surface area contributed by atoms with E-state index < -0.39 is 0 Å². The van der Waals surface area contributed by atoms with Gasteiger partial charge < -0.3 is 5.32 Å². The van der Waals surface area contributed by atoms with Gasteiger partial charge in [0.25, 0.3) is 0 Å². The Labute approximate surface area is 99.0 Å². The molecule has 1 heterocycles. The molecule has 0 unspecified atom stereocenters. The molecule has 0 radical (unpaired) electrons. The van der Waals surface area contributed by atoms with E-state index in [-0.39, 0.29) is 0 Å². The average molecular weight is 276 g/mol. The Bertz CT molecular complexity index is 251. The van der Waals surface area contributed by atoms with Crippen molar-refractivity contribution in [2.75, 3.05) is 13.6 Å². The summed E-state index contributed by atoms with van der Waals surface area (Å²) in [6.45, 7) is 3.31. The molecule has 0 aromatic carbocycles. The molecule has 3 heteroatoms. The van der Waals surface area contributed by atoms with E-state index in [0.29, 0.717) is 0 Å². The predicted octanol–water partition coefficient (Wildman–Crippen LogP) is 3.75. The van der Waals surface area contributed by atoms with Crippen LogP contribution in [0.25, 0.3) is 0 Å². The van der Waals surface area contributed by atoms with E-state index in [1.807, 2.05) is 18.4 Å². The van der Waals surface area contributed by atoms with Crippen LogP contribution in [-0.2, 0) is 6.42 Å². The number of unbranched alkanes of at least 4 members (excludes halogenated alkanes) is 2. The van der Waals surface area contributed by atoms with Crippen LogP contribution >= 0.6 is 27.3 Å². The Morgan fingerprint density at radius 2 is 2.14 bits per heavy atom.